The predicted octanol–water partition coefficient (Wildman–Crippen LogP) is 3.24. The van der Waals surface area contributed by atoms with E-state index in [1.165, 1.54) is 0 Å². The van der Waals surface area contributed by atoms with Crippen LogP contribution in [0.4, 0.5) is 16.3 Å². The van der Waals surface area contributed by atoms with E-state index in [1.54, 1.807) is 24.1 Å². The number of urea groups is 1. The van der Waals surface area contributed by atoms with Crippen LogP contribution in [0.25, 0.3) is 11.3 Å². The van der Waals surface area contributed by atoms with E-state index in [0.29, 0.717) is 43.4 Å². The Hall–Kier alpha value is -4.01. The molecule has 2 aliphatic rings. The normalized spacial score (nSPS) is 14.9. The van der Waals surface area contributed by atoms with E-state index >= 15 is 0 Å². The number of benzene rings is 2. The summed E-state index contributed by atoms with van der Waals surface area (Å²) in [4.78, 5) is 16.6. The summed E-state index contributed by atoms with van der Waals surface area (Å²) in [6, 6.07) is 16.9. The lowest BCUT2D eigenvalue weighted by atomic mass is 10.1. The van der Waals surface area contributed by atoms with E-state index in [4.69, 9.17) is 14.2 Å². The highest BCUT2D eigenvalue weighted by Crippen LogP contribution is 2.34. The Morgan fingerprint density at radius 1 is 0.938 bits per heavy atom. The number of nitrogens with zero attached hydrogens (tertiary/aromatic N) is 4. The van der Waals surface area contributed by atoms with Gasteiger partial charge in [0.05, 0.1) is 12.8 Å². The van der Waals surface area contributed by atoms with E-state index in [0.717, 1.165) is 22.8 Å². The number of methoxy groups -OCH3 is 1. The van der Waals surface area contributed by atoms with Crippen molar-refractivity contribution in [3.8, 4) is 28.5 Å². The van der Waals surface area contributed by atoms with Crippen molar-refractivity contribution in [1.29, 1.82) is 0 Å². The summed E-state index contributed by atoms with van der Waals surface area (Å²) in [5, 5.41) is 11.7. The fourth-order valence-electron chi connectivity index (χ4n) is 3.73. The van der Waals surface area contributed by atoms with Crippen molar-refractivity contribution in [1.82, 2.24) is 15.1 Å². The number of hydrogen-bond donors (Lipinski definition) is 1. The molecule has 3 heterocycles. The lowest BCUT2D eigenvalue weighted by molar-refractivity contribution is 0.174. The highest BCUT2D eigenvalue weighted by Gasteiger charge is 2.23. The molecular weight excluding hydrogens is 410 g/mol. The van der Waals surface area contributed by atoms with Gasteiger partial charge in [0.25, 0.3) is 0 Å². The van der Waals surface area contributed by atoms with Gasteiger partial charge in [0.2, 0.25) is 6.79 Å². The van der Waals surface area contributed by atoms with Crippen LogP contribution in [0.1, 0.15) is 0 Å². The van der Waals surface area contributed by atoms with Crippen LogP contribution < -0.4 is 24.4 Å². The molecule has 9 nitrogen and oxygen atoms in total. The van der Waals surface area contributed by atoms with E-state index in [1.807, 2.05) is 42.5 Å². The minimum Gasteiger partial charge on any atom is -0.497 e. The highest BCUT2D eigenvalue weighted by atomic mass is 16.7. The maximum Gasteiger partial charge on any atom is 0.321 e. The fraction of sp³-hybridized carbons (Fsp3) is 0.261. The Morgan fingerprint density at radius 3 is 2.44 bits per heavy atom. The lowest BCUT2D eigenvalue weighted by Crippen LogP contribution is -2.50. The molecule has 0 unspecified atom stereocenters. The van der Waals surface area contributed by atoms with Crippen molar-refractivity contribution in [3.63, 3.8) is 0 Å². The molecular formula is C23H23N5O4. The highest BCUT2D eigenvalue weighted by molar-refractivity contribution is 5.90. The molecule has 2 aliphatic heterocycles. The molecule has 32 heavy (non-hydrogen) atoms. The molecule has 9 heteroatoms. The summed E-state index contributed by atoms with van der Waals surface area (Å²) < 4.78 is 15.9. The number of amides is 2. The van der Waals surface area contributed by atoms with E-state index in [9.17, 15) is 4.79 Å². The first-order valence-corrected chi connectivity index (χ1v) is 10.4. The van der Waals surface area contributed by atoms with Crippen LogP contribution in [0.3, 0.4) is 0 Å². The van der Waals surface area contributed by atoms with Gasteiger partial charge in [-0.3, -0.25) is 0 Å². The molecule has 0 radical (unpaired) electrons. The van der Waals surface area contributed by atoms with Crippen molar-refractivity contribution in [3.05, 3.63) is 54.6 Å². The van der Waals surface area contributed by atoms with Crippen molar-refractivity contribution in [2.24, 2.45) is 0 Å². The van der Waals surface area contributed by atoms with Gasteiger partial charge in [-0.25, -0.2) is 4.79 Å². The first-order valence-electron chi connectivity index (χ1n) is 10.4. The van der Waals surface area contributed by atoms with Crippen LogP contribution in [0.2, 0.25) is 0 Å². The quantitative estimate of drug-likeness (QED) is 0.676. The van der Waals surface area contributed by atoms with Crippen LogP contribution in [0.5, 0.6) is 17.2 Å². The molecule has 1 fully saturated rings. The fourth-order valence-corrected chi connectivity index (χ4v) is 3.73. The maximum atomic E-state index is 12.6. The van der Waals surface area contributed by atoms with Gasteiger partial charge >= 0.3 is 6.03 Å². The second kappa shape index (κ2) is 8.62. The molecule has 1 aromatic heterocycles. The number of piperazine rings is 1. The van der Waals surface area contributed by atoms with Gasteiger partial charge < -0.3 is 29.3 Å². The third-order valence-electron chi connectivity index (χ3n) is 5.55. The van der Waals surface area contributed by atoms with Gasteiger partial charge in [0, 0.05) is 43.5 Å². The number of carbonyl (C=O) groups excluding carboxylic acids is 1. The third kappa shape index (κ3) is 4.09. The standard InChI is InChI=1S/C23H23N5O4/c1-30-18-5-2-16(3-6-18)19-7-9-22(26-25-19)27-10-12-28(13-11-27)23(29)24-17-4-8-20-21(14-17)32-15-31-20/h2-9,14H,10-13,15H2,1H3,(H,24,29). The molecule has 5 rings (SSSR count). The van der Waals surface area contributed by atoms with Crippen molar-refractivity contribution >= 4 is 17.5 Å². The zero-order valence-corrected chi connectivity index (χ0v) is 17.7. The lowest BCUT2D eigenvalue weighted by Gasteiger charge is -2.35. The van der Waals surface area contributed by atoms with Crippen LogP contribution in [0.15, 0.2) is 54.6 Å². The number of rotatable bonds is 4. The summed E-state index contributed by atoms with van der Waals surface area (Å²) in [6.07, 6.45) is 0. The first kappa shape index (κ1) is 19.9. The van der Waals surface area contributed by atoms with Crippen molar-refractivity contribution in [2.45, 2.75) is 0 Å². The number of aromatic nitrogens is 2. The monoisotopic (exact) mass is 433 g/mol. The van der Waals surface area contributed by atoms with Crippen molar-refractivity contribution in [2.75, 3.05) is 50.3 Å². The molecule has 3 aromatic rings. The molecule has 0 atom stereocenters. The van der Waals surface area contributed by atoms with Gasteiger partial charge in [-0.2, -0.15) is 0 Å². The Labute approximate surface area is 185 Å². The summed E-state index contributed by atoms with van der Waals surface area (Å²) in [5.41, 5.74) is 2.47. The predicted molar refractivity (Wildman–Crippen MR) is 119 cm³/mol. The molecule has 2 aromatic carbocycles. The summed E-state index contributed by atoms with van der Waals surface area (Å²) >= 11 is 0. The van der Waals surface area contributed by atoms with Crippen molar-refractivity contribution < 1.29 is 19.0 Å². The molecule has 0 bridgehead atoms. The largest absolute Gasteiger partial charge is 0.497 e. The number of carbonyl (C=O) groups is 1. The second-order valence-corrected chi connectivity index (χ2v) is 7.48. The number of fused-ring (bicyclic) bond motifs is 1. The number of anilines is 2. The van der Waals surface area contributed by atoms with Gasteiger partial charge in [-0.05, 0) is 48.5 Å². The zero-order valence-electron chi connectivity index (χ0n) is 17.7. The Balaban J connectivity index is 1.16. The molecule has 2 amide bonds. The van der Waals surface area contributed by atoms with Crippen LogP contribution in [-0.4, -0.2) is 61.2 Å². The van der Waals surface area contributed by atoms with Crippen LogP contribution in [0, 0.1) is 0 Å². The molecule has 0 spiro atoms. The molecule has 164 valence electrons. The average molecular weight is 433 g/mol. The van der Waals surface area contributed by atoms with Gasteiger partial charge in [-0.15, -0.1) is 10.2 Å². The summed E-state index contributed by atoms with van der Waals surface area (Å²) in [5.74, 6) is 2.94. The zero-order chi connectivity index (χ0) is 21.9. The second-order valence-electron chi connectivity index (χ2n) is 7.48. The minimum atomic E-state index is -0.135. The smallest absolute Gasteiger partial charge is 0.321 e. The van der Waals surface area contributed by atoms with Gasteiger partial charge in [-0.1, -0.05) is 0 Å². The van der Waals surface area contributed by atoms with E-state index < -0.39 is 0 Å². The Morgan fingerprint density at radius 2 is 1.72 bits per heavy atom. The Bertz CT molecular complexity index is 1100. The van der Waals surface area contributed by atoms with Crippen LogP contribution >= 0.6 is 0 Å². The number of nitrogens with one attached hydrogen (secondary N) is 1. The summed E-state index contributed by atoms with van der Waals surface area (Å²) in [7, 11) is 1.64. The number of ether oxygens (including phenoxy) is 3. The minimum absolute atomic E-state index is 0.135. The maximum absolute atomic E-state index is 12.6. The van der Waals surface area contributed by atoms with Gasteiger partial charge in [0.1, 0.15) is 5.75 Å². The average Bonchev–Trinajstić information content (AvgIpc) is 3.32. The molecule has 0 aliphatic carbocycles. The Kier molecular flexibility index (Phi) is 5.37. The SMILES string of the molecule is COc1ccc(-c2ccc(N3CCN(C(=O)Nc4ccc5c(c4)OCO5)CC3)nn2)cc1. The molecule has 1 saturated heterocycles. The van der Waals surface area contributed by atoms with E-state index in [2.05, 4.69) is 20.4 Å². The molecule has 0 saturated carbocycles. The topological polar surface area (TPSA) is 89.1 Å². The third-order valence-corrected chi connectivity index (χ3v) is 5.55. The first-order chi connectivity index (χ1) is 15.7. The van der Waals surface area contributed by atoms with E-state index in [-0.39, 0.29) is 12.8 Å². The van der Waals surface area contributed by atoms with Gasteiger partial charge in [0.15, 0.2) is 17.3 Å². The molecule has 1 N–H and O–H groups in total. The van der Waals surface area contributed by atoms with Crippen LogP contribution in [-0.2, 0) is 0 Å². The number of hydrogen-bond acceptors (Lipinski definition) is 7. The summed E-state index contributed by atoms with van der Waals surface area (Å²) in [6.45, 7) is 2.77.